The van der Waals surface area contributed by atoms with Crippen molar-refractivity contribution in [2.75, 3.05) is 0 Å². The molecule has 8 rings (SSSR count). The number of para-hydroxylation sites is 1. The molecule has 0 unspecified atom stereocenters. The number of allylic oxidation sites excluding steroid dienone is 2. The smallest absolute Gasteiger partial charge is 0.0537 e. The van der Waals surface area contributed by atoms with Crippen LogP contribution in [0.2, 0.25) is 0 Å². The number of hydrazine groups is 1. The predicted octanol–water partition coefficient (Wildman–Crippen LogP) is 9.31. The van der Waals surface area contributed by atoms with Crippen LogP contribution in [-0.2, 0) is 25.8 Å². The zero-order valence-corrected chi connectivity index (χ0v) is 25.8. The molecule has 1 aromatic heterocycles. The third kappa shape index (κ3) is 5.90. The number of benzene rings is 5. The number of aromatic nitrogens is 1. The highest BCUT2D eigenvalue weighted by Crippen LogP contribution is 2.48. The van der Waals surface area contributed by atoms with E-state index in [0.29, 0.717) is 0 Å². The fraction of sp³-hybridized carbons (Fsp3) is 0.171. The summed E-state index contributed by atoms with van der Waals surface area (Å²) in [5.74, 6) is 5.11. The van der Waals surface area contributed by atoms with Crippen molar-refractivity contribution in [2.24, 2.45) is 5.84 Å². The number of nitrogens with two attached hydrogens (primary N) is 1. The van der Waals surface area contributed by atoms with E-state index in [-0.39, 0.29) is 0 Å². The third-order valence-corrected chi connectivity index (χ3v) is 8.55. The Balaban J connectivity index is 0.000000268. The molecule has 3 N–H and O–H groups in total. The number of nitrogens with one attached hydrogen (secondary N) is 1. The molecule has 0 saturated heterocycles. The van der Waals surface area contributed by atoms with Gasteiger partial charge in [0.25, 0.3) is 0 Å². The van der Waals surface area contributed by atoms with Gasteiger partial charge in [0.2, 0.25) is 0 Å². The molecule has 0 radical (unpaired) electrons. The van der Waals surface area contributed by atoms with E-state index in [0.717, 1.165) is 32.2 Å². The third-order valence-electron chi connectivity index (χ3n) is 8.55. The average Bonchev–Trinajstić information content (AvgIpc) is 3.63. The van der Waals surface area contributed by atoms with Gasteiger partial charge in [-0.3, -0.25) is 11.3 Å². The Labute approximate surface area is 261 Å². The van der Waals surface area contributed by atoms with E-state index in [9.17, 15) is 0 Å². The van der Waals surface area contributed by atoms with Gasteiger partial charge in [-0.1, -0.05) is 129 Å². The van der Waals surface area contributed by atoms with E-state index in [1.54, 1.807) is 11.1 Å². The second-order valence-corrected chi connectivity index (χ2v) is 11.2. The van der Waals surface area contributed by atoms with Crippen molar-refractivity contribution in [1.82, 2.24) is 9.99 Å². The predicted molar refractivity (Wildman–Crippen MR) is 187 cm³/mol. The molecule has 0 amide bonds. The monoisotopic (exact) mass is 575 g/mol. The highest BCUT2D eigenvalue weighted by atomic mass is 15.2. The summed E-state index contributed by atoms with van der Waals surface area (Å²) in [6.07, 6.45) is 4.24. The van der Waals surface area contributed by atoms with E-state index in [4.69, 9.17) is 5.84 Å². The van der Waals surface area contributed by atoms with Crippen LogP contribution in [0.1, 0.15) is 59.3 Å². The Hall–Kier alpha value is -4.70. The summed E-state index contributed by atoms with van der Waals surface area (Å²) in [7, 11) is 0. The van der Waals surface area contributed by atoms with Crippen LogP contribution in [-0.4, -0.2) is 4.57 Å². The maximum Gasteiger partial charge on any atom is 0.0537 e. The van der Waals surface area contributed by atoms with Gasteiger partial charge in [-0.2, -0.15) is 0 Å². The fourth-order valence-corrected chi connectivity index (χ4v) is 6.67. The van der Waals surface area contributed by atoms with Crippen molar-refractivity contribution in [3.8, 4) is 5.69 Å². The Bertz CT molecular complexity index is 1860. The van der Waals surface area contributed by atoms with E-state index in [2.05, 4.69) is 113 Å². The summed E-state index contributed by atoms with van der Waals surface area (Å²) in [5, 5.41) is 1.39. The molecule has 2 aliphatic rings. The first kappa shape index (κ1) is 29.4. The van der Waals surface area contributed by atoms with Crippen molar-refractivity contribution in [3.63, 3.8) is 0 Å². The minimum absolute atomic E-state index is 0.737. The molecule has 3 heteroatoms. The largest absolute Gasteiger partial charge is 0.313 e. The van der Waals surface area contributed by atoms with Gasteiger partial charge in [0.15, 0.2) is 0 Å². The van der Waals surface area contributed by atoms with Crippen LogP contribution in [0.3, 0.4) is 0 Å². The Morgan fingerprint density at radius 1 is 0.614 bits per heavy atom. The van der Waals surface area contributed by atoms with Crippen LogP contribution in [0, 0.1) is 0 Å². The second kappa shape index (κ2) is 13.7. The summed E-state index contributed by atoms with van der Waals surface area (Å²) in [5.41, 5.74) is 18.1. The van der Waals surface area contributed by atoms with Crippen LogP contribution < -0.4 is 11.3 Å². The first-order chi connectivity index (χ1) is 21.8. The zero-order chi connectivity index (χ0) is 30.3. The molecule has 0 saturated carbocycles. The molecular weight excluding hydrogens is 534 g/mol. The molecule has 0 bridgehead atoms. The summed E-state index contributed by atoms with van der Waals surface area (Å²) in [6, 6.07) is 47.9. The lowest BCUT2D eigenvalue weighted by molar-refractivity contribution is 0.741. The van der Waals surface area contributed by atoms with Crippen LogP contribution in [0.15, 0.2) is 133 Å². The summed E-state index contributed by atoms with van der Waals surface area (Å²) >= 11 is 0. The summed E-state index contributed by atoms with van der Waals surface area (Å²) in [4.78, 5) is 0. The van der Waals surface area contributed by atoms with Crippen LogP contribution in [0.25, 0.3) is 27.7 Å². The Kier molecular flexibility index (Phi) is 9.17. The number of hydrogen-bond donors (Lipinski definition) is 2. The van der Waals surface area contributed by atoms with Crippen molar-refractivity contribution >= 4 is 22.0 Å². The van der Waals surface area contributed by atoms with Crippen LogP contribution in [0.5, 0.6) is 0 Å². The van der Waals surface area contributed by atoms with E-state index >= 15 is 0 Å². The quantitative estimate of drug-likeness (QED) is 0.159. The molecule has 3 nitrogen and oxygen atoms in total. The van der Waals surface area contributed by atoms with Gasteiger partial charge in [-0.15, -0.1) is 0 Å². The van der Waals surface area contributed by atoms with E-state index in [1.165, 1.54) is 55.7 Å². The van der Waals surface area contributed by atoms with Gasteiger partial charge in [-0.25, -0.2) is 0 Å². The average molecular weight is 576 g/mol. The highest BCUT2D eigenvalue weighted by molar-refractivity contribution is 6.07. The van der Waals surface area contributed by atoms with Crippen molar-refractivity contribution in [3.05, 3.63) is 173 Å². The van der Waals surface area contributed by atoms with E-state index < -0.39 is 0 Å². The standard InChI is InChI=1S/C32H25N.C7H10N2.C2H6/c1-2-8-22(9-3-1)20-23-14-16-25(17-15-23)33-30-13-7-6-12-28(30)32-29-21-24-10-4-5-11-26(24)27(29)18-19-31(32)33;8-9-6-7-4-2-1-3-5-7;1-2/h1-17H,18-21H2;1-5,9H,6,8H2;1-2H3. The minimum Gasteiger partial charge on any atom is -0.313 e. The molecule has 0 aliphatic heterocycles. The zero-order valence-electron chi connectivity index (χ0n) is 25.8. The van der Waals surface area contributed by atoms with Crippen molar-refractivity contribution in [2.45, 2.75) is 46.1 Å². The van der Waals surface area contributed by atoms with Crippen LogP contribution >= 0.6 is 0 Å². The topological polar surface area (TPSA) is 43.0 Å². The lowest BCUT2D eigenvalue weighted by atomic mass is 9.88. The molecule has 0 fully saturated rings. The molecule has 6 aromatic rings. The first-order valence-corrected chi connectivity index (χ1v) is 15.8. The molecule has 220 valence electrons. The summed E-state index contributed by atoms with van der Waals surface area (Å²) in [6.45, 7) is 4.74. The Morgan fingerprint density at radius 2 is 1.23 bits per heavy atom. The lowest BCUT2D eigenvalue weighted by Gasteiger charge is -2.19. The lowest BCUT2D eigenvalue weighted by Crippen LogP contribution is -2.20. The van der Waals surface area contributed by atoms with Gasteiger partial charge in [-0.05, 0) is 82.8 Å². The molecule has 1 heterocycles. The highest BCUT2D eigenvalue weighted by Gasteiger charge is 2.31. The normalized spacial score (nSPS) is 12.8. The SMILES string of the molecule is CC.NNCc1ccccc1.c1ccc(Cc2ccc(-n3c4c(c5ccccc53)C3=C(CC4)c4ccccc4C3)cc2)cc1. The van der Waals surface area contributed by atoms with Crippen LogP contribution in [0.4, 0.5) is 0 Å². The molecular formula is C41H41N3. The molecule has 5 aromatic carbocycles. The number of rotatable bonds is 5. The first-order valence-electron chi connectivity index (χ1n) is 15.8. The number of fused-ring (bicyclic) bond motifs is 6. The van der Waals surface area contributed by atoms with E-state index in [1.807, 2.05) is 44.2 Å². The summed E-state index contributed by atoms with van der Waals surface area (Å²) < 4.78 is 2.52. The van der Waals surface area contributed by atoms with Gasteiger partial charge in [0.05, 0.1) is 5.52 Å². The van der Waals surface area contributed by atoms with Crippen molar-refractivity contribution in [1.29, 1.82) is 0 Å². The maximum atomic E-state index is 5.11. The second-order valence-electron chi connectivity index (χ2n) is 11.2. The van der Waals surface area contributed by atoms with Gasteiger partial charge in [0, 0.05) is 28.9 Å². The molecule has 44 heavy (non-hydrogen) atoms. The number of hydrogen-bond acceptors (Lipinski definition) is 2. The van der Waals surface area contributed by atoms with Gasteiger partial charge in [0.1, 0.15) is 0 Å². The Morgan fingerprint density at radius 3 is 1.95 bits per heavy atom. The molecule has 0 spiro atoms. The van der Waals surface area contributed by atoms with Crippen molar-refractivity contribution < 1.29 is 0 Å². The maximum absolute atomic E-state index is 5.11. The van der Waals surface area contributed by atoms with Gasteiger partial charge >= 0.3 is 0 Å². The van der Waals surface area contributed by atoms with Gasteiger partial charge < -0.3 is 4.57 Å². The number of nitrogens with zero attached hydrogens (tertiary/aromatic N) is 1. The minimum atomic E-state index is 0.737. The fourth-order valence-electron chi connectivity index (χ4n) is 6.67. The molecule has 2 aliphatic carbocycles. The molecule has 0 atom stereocenters.